The molecular weight excluding hydrogens is 362 g/mol. The van der Waals surface area contributed by atoms with Crippen LogP contribution in [0.15, 0.2) is 21.3 Å². The van der Waals surface area contributed by atoms with E-state index in [1.807, 2.05) is 13.0 Å². The second kappa shape index (κ2) is 9.39. The lowest BCUT2D eigenvalue weighted by Crippen LogP contribution is -2.36. The number of ether oxygens (including phenoxy) is 1. The number of carbonyl (C=O) groups is 2. The molecule has 0 saturated heterocycles. The van der Waals surface area contributed by atoms with Crippen molar-refractivity contribution in [2.75, 3.05) is 6.54 Å². The Morgan fingerprint density at radius 2 is 1.82 bits per heavy atom. The molecule has 0 spiro atoms. The van der Waals surface area contributed by atoms with E-state index in [2.05, 4.69) is 5.32 Å². The topological polar surface area (TPSA) is 106 Å². The lowest BCUT2D eigenvalue weighted by atomic mass is 10.0. The van der Waals surface area contributed by atoms with Crippen molar-refractivity contribution in [2.24, 2.45) is 0 Å². The molecule has 0 aliphatic carbocycles. The normalized spacial score (nSPS) is 12.0. The first-order valence-corrected chi connectivity index (χ1v) is 9.42. The predicted octanol–water partition coefficient (Wildman–Crippen LogP) is 3.25. The smallest absolute Gasteiger partial charge is 0.339 e. The second-order valence-corrected chi connectivity index (χ2v) is 6.96. The molecule has 0 saturated carbocycles. The van der Waals surface area contributed by atoms with Crippen LogP contribution < -0.4 is 15.7 Å². The first kappa shape index (κ1) is 21.5. The Morgan fingerprint density at radius 1 is 1.11 bits per heavy atom. The third kappa shape index (κ3) is 5.12. The Bertz CT molecular complexity index is 931. The van der Waals surface area contributed by atoms with Crippen molar-refractivity contribution in [3.8, 4) is 5.75 Å². The highest BCUT2D eigenvalue weighted by Crippen LogP contribution is 2.29. The minimum absolute atomic E-state index is 0.143. The maximum atomic E-state index is 12.2. The molecule has 0 aliphatic heterocycles. The van der Waals surface area contributed by atoms with Gasteiger partial charge in [-0.25, -0.2) is 4.79 Å². The van der Waals surface area contributed by atoms with Crippen LogP contribution in [-0.4, -0.2) is 29.6 Å². The predicted molar refractivity (Wildman–Crippen MR) is 106 cm³/mol. The van der Waals surface area contributed by atoms with Gasteiger partial charge in [0.05, 0.1) is 0 Å². The van der Waals surface area contributed by atoms with E-state index in [9.17, 15) is 14.4 Å². The number of hydrogen-bond acceptors (Lipinski definition) is 5. The number of unbranched alkanes of at least 4 members (excludes halogenated alkanes) is 2. The van der Waals surface area contributed by atoms with Gasteiger partial charge < -0.3 is 19.6 Å². The quantitative estimate of drug-likeness (QED) is 0.504. The van der Waals surface area contributed by atoms with Crippen LogP contribution in [0.1, 0.15) is 49.3 Å². The minimum Gasteiger partial charge on any atom is -0.481 e. The van der Waals surface area contributed by atoms with Crippen LogP contribution in [0.2, 0.25) is 0 Å². The molecule has 2 rings (SSSR count). The zero-order valence-corrected chi connectivity index (χ0v) is 16.8. The number of aliphatic carboxylic acids is 1. The van der Waals surface area contributed by atoms with Crippen LogP contribution in [0.5, 0.6) is 5.75 Å². The monoisotopic (exact) mass is 389 g/mol. The van der Waals surface area contributed by atoms with Crippen molar-refractivity contribution in [1.82, 2.24) is 5.32 Å². The molecule has 1 aromatic heterocycles. The summed E-state index contributed by atoms with van der Waals surface area (Å²) in [5.41, 5.74) is 2.22. The molecule has 2 aromatic rings. The maximum Gasteiger partial charge on any atom is 0.339 e. The maximum absolute atomic E-state index is 12.2. The fourth-order valence-electron chi connectivity index (χ4n) is 2.93. The van der Waals surface area contributed by atoms with Gasteiger partial charge in [-0.05, 0) is 58.2 Å². The molecule has 1 heterocycles. The van der Waals surface area contributed by atoms with Crippen LogP contribution in [0, 0.1) is 20.8 Å². The van der Waals surface area contributed by atoms with Crippen LogP contribution in [0.25, 0.3) is 11.0 Å². The van der Waals surface area contributed by atoms with Crippen LogP contribution in [0.4, 0.5) is 0 Å². The molecule has 152 valence electrons. The first-order valence-electron chi connectivity index (χ1n) is 9.42. The van der Waals surface area contributed by atoms with Crippen molar-refractivity contribution >= 4 is 22.8 Å². The summed E-state index contributed by atoms with van der Waals surface area (Å²) >= 11 is 0. The van der Waals surface area contributed by atoms with E-state index in [1.165, 1.54) is 0 Å². The van der Waals surface area contributed by atoms with Gasteiger partial charge in [-0.3, -0.25) is 9.59 Å². The molecule has 28 heavy (non-hydrogen) atoms. The summed E-state index contributed by atoms with van der Waals surface area (Å²) in [6.45, 7) is 7.52. The zero-order valence-electron chi connectivity index (χ0n) is 16.8. The molecular formula is C21H27NO6. The van der Waals surface area contributed by atoms with Crippen molar-refractivity contribution in [2.45, 2.75) is 59.5 Å². The number of carbonyl (C=O) groups excluding carboxylic acids is 1. The Hall–Kier alpha value is -2.83. The molecule has 0 unspecified atom stereocenters. The van der Waals surface area contributed by atoms with Gasteiger partial charge in [0.15, 0.2) is 6.10 Å². The van der Waals surface area contributed by atoms with Crippen LogP contribution in [0.3, 0.4) is 0 Å². The Labute approximate surface area is 163 Å². The van der Waals surface area contributed by atoms with Gasteiger partial charge in [0.25, 0.3) is 5.91 Å². The highest BCUT2D eigenvalue weighted by molar-refractivity contribution is 5.86. The summed E-state index contributed by atoms with van der Waals surface area (Å²) in [6.07, 6.45) is 1.48. The van der Waals surface area contributed by atoms with Gasteiger partial charge in [-0.1, -0.05) is 6.42 Å². The van der Waals surface area contributed by atoms with E-state index in [4.69, 9.17) is 14.3 Å². The van der Waals surface area contributed by atoms with Gasteiger partial charge in [0.1, 0.15) is 11.3 Å². The summed E-state index contributed by atoms with van der Waals surface area (Å²) in [6, 6.07) is 3.61. The standard InChI is InChI=1S/C21H27NO6/c1-12-13(2)21(26)28-19-14(3)17(10-9-16(12)19)27-15(4)20(25)22-11-7-5-6-8-18(23)24/h9-10,15H,5-8,11H2,1-4H3,(H,22,25)(H,23,24)/t15-/m0/s1. The number of rotatable bonds is 9. The number of amides is 1. The molecule has 0 bridgehead atoms. The summed E-state index contributed by atoms with van der Waals surface area (Å²) in [5.74, 6) is -0.569. The van der Waals surface area contributed by atoms with Crippen molar-refractivity contribution in [3.05, 3.63) is 39.2 Å². The first-order chi connectivity index (χ1) is 13.2. The fraction of sp³-hybridized carbons (Fsp3) is 0.476. The lowest BCUT2D eigenvalue weighted by Gasteiger charge is -2.17. The molecule has 2 N–H and O–H groups in total. The van der Waals surface area contributed by atoms with Crippen molar-refractivity contribution in [3.63, 3.8) is 0 Å². The molecule has 0 fully saturated rings. The second-order valence-electron chi connectivity index (χ2n) is 6.96. The number of nitrogens with one attached hydrogen (secondary N) is 1. The number of carboxylic acids is 1. The van der Waals surface area contributed by atoms with Gasteiger partial charge in [0, 0.05) is 29.5 Å². The number of fused-ring (bicyclic) bond motifs is 1. The largest absolute Gasteiger partial charge is 0.481 e. The molecule has 1 atom stereocenters. The number of aryl methyl sites for hydroxylation is 2. The van der Waals surface area contributed by atoms with E-state index in [0.717, 1.165) is 17.4 Å². The van der Waals surface area contributed by atoms with Crippen LogP contribution >= 0.6 is 0 Å². The highest BCUT2D eigenvalue weighted by Gasteiger charge is 2.18. The Morgan fingerprint density at radius 3 is 2.50 bits per heavy atom. The summed E-state index contributed by atoms with van der Waals surface area (Å²) in [5, 5.41) is 12.2. The average Bonchev–Trinajstić information content (AvgIpc) is 2.65. The van der Waals surface area contributed by atoms with Gasteiger partial charge in [0.2, 0.25) is 0 Å². The lowest BCUT2D eigenvalue weighted by molar-refractivity contribution is -0.137. The van der Waals surface area contributed by atoms with Crippen LogP contribution in [-0.2, 0) is 9.59 Å². The SMILES string of the molecule is Cc1c(C)c2ccc(O[C@@H](C)C(=O)NCCCCCC(=O)O)c(C)c2oc1=O. The zero-order chi connectivity index (χ0) is 20.8. The molecule has 1 aromatic carbocycles. The summed E-state index contributed by atoms with van der Waals surface area (Å²) < 4.78 is 11.2. The highest BCUT2D eigenvalue weighted by atomic mass is 16.5. The van der Waals surface area contributed by atoms with Gasteiger partial charge >= 0.3 is 11.6 Å². The van der Waals surface area contributed by atoms with E-state index in [-0.39, 0.29) is 18.0 Å². The average molecular weight is 389 g/mol. The van der Waals surface area contributed by atoms with E-state index in [0.29, 0.717) is 41.8 Å². The van der Waals surface area contributed by atoms with Crippen molar-refractivity contribution < 1.29 is 23.8 Å². The Balaban J connectivity index is 1.99. The Kier molecular flexibility index (Phi) is 7.20. The van der Waals surface area contributed by atoms with Gasteiger partial charge in [-0.2, -0.15) is 0 Å². The van der Waals surface area contributed by atoms with E-state index in [1.54, 1.807) is 26.8 Å². The van der Waals surface area contributed by atoms with E-state index < -0.39 is 12.1 Å². The molecule has 1 amide bonds. The molecule has 7 nitrogen and oxygen atoms in total. The third-order valence-corrected chi connectivity index (χ3v) is 4.86. The van der Waals surface area contributed by atoms with Gasteiger partial charge in [-0.15, -0.1) is 0 Å². The molecule has 0 radical (unpaired) electrons. The molecule has 0 aliphatic rings. The summed E-state index contributed by atoms with van der Waals surface area (Å²) in [4.78, 5) is 34.6. The van der Waals surface area contributed by atoms with E-state index >= 15 is 0 Å². The minimum atomic E-state index is -0.807. The fourth-order valence-corrected chi connectivity index (χ4v) is 2.93. The van der Waals surface area contributed by atoms with Crippen molar-refractivity contribution in [1.29, 1.82) is 0 Å². The number of hydrogen-bond donors (Lipinski definition) is 2. The third-order valence-electron chi connectivity index (χ3n) is 4.86. The number of carboxylic acid groups (broad SMARTS) is 1. The number of benzene rings is 1. The summed E-state index contributed by atoms with van der Waals surface area (Å²) in [7, 11) is 0. The molecule has 7 heteroatoms.